The Morgan fingerprint density at radius 3 is 0.455 bits per heavy atom. The van der Waals surface area contributed by atoms with Crippen molar-refractivity contribution in [3.8, 4) is 0 Å². The maximum atomic E-state index is 10.6. The molecule has 0 aliphatic rings. The molecule has 1 radical (unpaired) electrons. The molecule has 0 spiro atoms. The Bertz CT molecular complexity index is 422. The van der Waals surface area contributed by atoms with Crippen LogP contribution in [-0.4, -0.2) is 16.5 Å². The fourth-order valence-electron chi connectivity index (χ4n) is 0. The molecule has 133 valence electrons. The van der Waals surface area contributed by atoms with E-state index in [4.69, 9.17) is 25.3 Å². The van der Waals surface area contributed by atoms with E-state index in [1.807, 2.05) is 0 Å². The predicted octanol–water partition coefficient (Wildman–Crippen LogP) is 2.45. The molecular weight excluding hydrogens is 539 g/mol. The molecule has 0 saturated heterocycles. The van der Waals surface area contributed by atoms with Crippen LogP contribution in [0.15, 0.2) is 0 Å². The van der Waals surface area contributed by atoms with Crippen molar-refractivity contribution in [2.45, 2.75) is 16.5 Å². The SMILES string of the molecule is O=[S-](=O)C(F)(F)F.O=[S-](=O)C(F)(F)F.O=[S-](=O)C(F)(F)F.[Ce+3]. The summed E-state index contributed by atoms with van der Waals surface area (Å²) in [5.41, 5.74) is -15.2. The van der Waals surface area contributed by atoms with Crippen molar-refractivity contribution in [2.24, 2.45) is 0 Å². The standard InChI is InChI=1S/3CF3O2S.Ce/c3*2-1(3,4)7(5)6;/q3*-1;+3. The molecule has 0 bridgehead atoms. The van der Waals surface area contributed by atoms with Gasteiger partial charge in [-0.2, -0.15) is 39.5 Å². The number of hydrogen-bond donors (Lipinski definition) is 0. The maximum Gasteiger partial charge on any atom is 3.00 e. The monoisotopic (exact) mass is 539 g/mol. The van der Waals surface area contributed by atoms with Crippen molar-refractivity contribution in [3.63, 3.8) is 0 Å². The fraction of sp³-hybridized carbons (Fsp3) is 1.00. The van der Waals surface area contributed by atoms with Gasteiger partial charge >= 0.3 is 58.3 Å². The van der Waals surface area contributed by atoms with Gasteiger partial charge in [-0.05, 0) is 0 Å². The molecule has 19 heteroatoms. The van der Waals surface area contributed by atoms with Crippen LogP contribution in [0.3, 0.4) is 0 Å². The molecule has 0 rings (SSSR count). The van der Waals surface area contributed by atoms with E-state index in [2.05, 4.69) is 0 Å². The van der Waals surface area contributed by atoms with Gasteiger partial charge in [0.15, 0.2) is 0 Å². The minimum atomic E-state index is -5.08. The van der Waals surface area contributed by atoms with Crippen LogP contribution in [0.5, 0.6) is 0 Å². The average Bonchev–Trinajstić information content (AvgIpc) is 2.14. The van der Waals surface area contributed by atoms with Crippen LogP contribution >= 0.6 is 0 Å². The zero-order valence-corrected chi connectivity index (χ0v) is 14.7. The summed E-state index contributed by atoms with van der Waals surface area (Å²) in [5.74, 6) is 0. The zero-order valence-electron chi connectivity index (χ0n) is 9.08. The minimum absolute atomic E-state index is 0. The summed E-state index contributed by atoms with van der Waals surface area (Å²) in [5, 5.41) is 0. The van der Waals surface area contributed by atoms with E-state index in [0.717, 1.165) is 0 Å². The summed E-state index contributed by atoms with van der Waals surface area (Å²) in [4.78, 5) is 0. The zero-order chi connectivity index (χ0) is 18.2. The summed E-state index contributed by atoms with van der Waals surface area (Å²) >= 11 is 0. The first-order chi connectivity index (χ1) is 8.83. The van der Waals surface area contributed by atoms with Gasteiger partial charge in [-0.15, -0.1) is 0 Å². The van der Waals surface area contributed by atoms with Gasteiger partial charge in [0.2, 0.25) is 0 Å². The molecule has 0 heterocycles. The van der Waals surface area contributed by atoms with Crippen molar-refractivity contribution < 1.29 is 107 Å². The van der Waals surface area contributed by atoms with Crippen LogP contribution in [-0.2, 0) is 57.4 Å². The first-order valence-corrected chi connectivity index (χ1v) is 6.54. The van der Waals surface area contributed by atoms with Crippen LogP contribution in [0.2, 0.25) is 0 Å². The van der Waals surface area contributed by atoms with E-state index in [0.29, 0.717) is 0 Å². The molecular formula is C3CeF9O6S3. The third kappa shape index (κ3) is 22.9. The van der Waals surface area contributed by atoms with Gasteiger partial charge in [-0.1, -0.05) is 0 Å². The van der Waals surface area contributed by atoms with Crippen LogP contribution in [0.1, 0.15) is 0 Å². The van der Waals surface area contributed by atoms with E-state index in [-0.39, 0.29) is 41.7 Å². The Labute approximate surface area is 154 Å². The predicted molar refractivity (Wildman–Crippen MR) is 44.4 cm³/mol. The van der Waals surface area contributed by atoms with Crippen LogP contribution in [0.4, 0.5) is 39.5 Å². The molecule has 0 N–H and O–H groups in total. The van der Waals surface area contributed by atoms with Crippen LogP contribution in [0, 0.1) is 41.7 Å². The minimum Gasteiger partial charge on any atom is -0.416 e. The van der Waals surface area contributed by atoms with Crippen molar-refractivity contribution in [3.05, 3.63) is 0 Å². The Kier molecular flexibility index (Phi) is 16.7. The Hall–Kier alpha value is 0.597. The van der Waals surface area contributed by atoms with Crippen molar-refractivity contribution in [1.29, 1.82) is 0 Å². The van der Waals surface area contributed by atoms with Gasteiger partial charge in [0.1, 0.15) is 0 Å². The molecule has 0 aromatic rings. The number of rotatable bonds is 0. The summed E-state index contributed by atoms with van der Waals surface area (Å²) in [6, 6.07) is 0. The maximum absolute atomic E-state index is 10.6. The number of alkyl halides is 9. The normalized spacial score (nSPS) is 12.0. The number of halogens is 9. The van der Waals surface area contributed by atoms with Crippen molar-refractivity contribution in [1.82, 2.24) is 0 Å². The van der Waals surface area contributed by atoms with Gasteiger partial charge in [-0.25, -0.2) is 0 Å². The van der Waals surface area contributed by atoms with E-state index in [1.54, 1.807) is 0 Å². The Morgan fingerprint density at radius 1 is 0.409 bits per heavy atom. The summed E-state index contributed by atoms with van der Waals surface area (Å²) in [6.45, 7) is 0. The molecule has 0 fully saturated rings. The molecule has 0 aliphatic carbocycles. The summed E-state index contributed by atoms with van der Waals surface area (Å²) in [7, 11) is -11.8. The van der Waals surface area contributed by atoms with Gasteiger partial charge in [0, 0.05) is 32.1 Å². The van der Waals surface area contributed by atoms with Gasteiger partial charge in [-0.3, -0.25) is 0 Å². The first kappa shape index (κ1) is 30.5. The smallest absolute Gasteiger partial charge is 0.416 e. The van der Waals surface area contributed by atoms with Gasteiger partial charge in [0.05, 0.1) is 0 Å². The quantitative estimate of drug-likeness (QED) is 0.346. The largest absolute Gasteiger partial charge is 3.00 e. The van der Waals surface area contributed by atoms with E-state index in [1.165, 1.54) is 0 Å². The molecule has 0 amide bonds. The van der Waals surface area contributed by atoms with E-state index in [9.17, 15) is 39.5 Å². The van der Waals surface area contributed by atoms with Crippen molar-refractivity contribution in [2.75, 3.05) is 0 Å². The third-order valence-corrected chi connectivity index (χ3v) is 1.70. The van der Waals surface area contributed by atoms with Crippen molar-refractivity contribution >= 4 is 32.1 Å². The molecule has 0 aromatic carbocycles. The second-order valence-electron chi connectivity index (χ2n) is 2.04. The Balaban J connectivity index is -0.000000108. The molecule has 22 heavy (non-hydrogen) atoms. The van der Waals surface area contributed by atoms with Gasteiger partial charge in [0.25, 0.3) is 0 Å². The molecule has 0 aliphatic heterocycles. The van der Waals surface area contributed by atoms with Crippen LogP contribution < -0.4 is 0 Å². The molecule has 6 nitrogen and oxygen atoms in total. The molecule has 0 aromatic heterocycles. The third-order valence-electron chi connectivity index (χ3n) is 0.567. The summed E-state index contributed by atoms with van der Waals surface area (Å²) < 4.78 is 148. The van der Waals surface area contributed by atoms with Gasteiger partial charge < -0.3 is 25.3 Å². The Morgan fingerprint density at radius 2 is 0.455 bits per heavy atom. The average molecular weight is 539 g/mol. The molecule has 0 saturated carbocycles. The topological polar surface area (TPSA) is 102 Å². The number of hydrogen-bond acceptors (Lipinski definition) is 9. The van der Waals surface area contributed by atoms with E-state index < -0.39 is 48.6 Å². The fourth-order valence-corrected chi connectivity index (χ4v) is 0. The molecule has 0 unspecified atom stereocenters. The second-order valence-corrected chi connectivity index (χ2v) is 4.84. The summed E-state index contributed by atoms with van der Waals surface area (Å²) in [6.07, 6.45) is 0. The molecule has 0 atom stereocenters. The van der Waals surface area contributed by atoms with Crippen LogP contribution in [0.25, 0.3) is 0 Å². The first-order valence-electron chi connectivity index (χ1n) is 3.31. The second kappa shape index (κ2) is 12.0. The van der Waals surface area contributed by atoms with E-state index >= 15 is 0 Å².